The summed E-state index contributed by atoms with van der Waals surface area (Å²) < 4.78 is 1.24. The number of aromatic nitrogens is 3. The van der Waals surface area contributed by atoms with Gasteiger partial charge in [0.05, 0.1) is 10.2 Å². The maximum Gasteiger partial charge on any atom is 0.108 e. The van der Waals surface area contributed by atoms with E-state index in [1.165, 1.54) is 4.70 Å². The van der Waals surface area contributed by atoms with E-state index in [2.05, 4.69) is 26.6 Å². The van der Waals surface area contributed by atoms with Crippen LogP contribution in [0.4, 0.5) is 0 Å². The molecule has 0 aliphatic heterocycles. The fourth-order valence-corrected chi connectivity index (χ4v) is 2.62. The fraction of sp³-hybridized carbons (Fsp3) is 0.167. The molecule has 2 aromatic heterocycles. The van der Waals surface area contributed by atoms with Crippen molar-refractivity contribution in [2.45, 2.75) is 13.1 Å². The van der Waals surface area contributed by atoms with Crippen LogP contribution in [-0.2, 0) is 13.1 Å². The summed E-state index contributed by atoms with van der Waals surface area (Å²) in [5.74, 6) is 0. The molecule has 0 aliphatic rings. The Morgan fingerprint density at radius 2 is 2.12 bits per heavy atom. The number of nitrogens with zero attached hydrogens (tertiary/aromatic N) is 2. The highest BCUT2D eigenvalue weighted by Crippen LogP contribution is 2.21. The number of fused-ring (bicyclic) bond motifs is 1. The van der Waals surface area contributed by atoms with E-state index in [1.54, 1.807) is 17.5 Å². The molecule has 4 nitrogen and oxygen atoms in total. The summed E-state index contributed by atoms with van der Waals surface area (Å²) in [6, 6.07) is 10.2. The highest BCUT2D eigenvalue weighted by molar-refractivity contribution is 7.18. The van der Waals surface area contributed by atoms with Crippen molar-refractivity contribution in [3.8, 4) is 0 Å². The molecular formula is C12H12N4S. The zero-order chi connectivity index (χ0) is 11.5. The Balaban J connectivity index is 1.65. The van der Waals surface area contributed by atoms with Crippen LogP contribution in [0.25, 0.3) is 10.2 Å². The highest BCUT2D eigenvalue weighted by atomic mass is 32.1. The van der Waals surface area contributed by atoms with Crippen LogP contribution in [-0.4, -0.2) is 15.2 Å². The number of hydrogen-bond donors (Lipinski definition) is 2. The maximum atomic E-state index is 4.56. The number of para-hydroxylation sites is 1. The lowest BCUT2D eigenvalue weighted by Crippen LogP contribution is -2.12. The number of hydrogen-bond acceptors (Lipinski definition) is 4. The molecule has 0 unspecified atom stereocenters. The first kappa shape index (κ1) is 10.4. The van der Waals surface area contributed by atoms with Crippen LogP contribution >= 0.6 is 11.3 Å². The lowest BCUT2D eigenvalue weighted by Gasteiger charge is -1.98. The van der Waals surface area contributed by atoms with E-state index in [1.807, 2.05) is 24.3 Å². The van der Waals surface area contributed by atoms with Crippen molar-refractivity contribution >= 4 is 21.6 Å². The highest BCUT2D eigenvalue weighted by Gasteiger charge is 2.02. The van der Waals surface area contributed by atoms with Crippen LogP contribution < -0.4 is 5.32 Å². The van der Waals surface area contributed by atoms with Gasteiger partial charge in [-0.1, -0.05) is 12.1 Å². The van der Waals surface area contributed by atoms with Crippen LogP contribution in [0, 0.1) is 0 Å². The van der Waals surface area contributed by atoms with Gasteiger partial charge in [0, 0.05) is 25.0 Å². The molecule has 0 fully saturated rings. The normalized spacial score (nSPS) is 11.1. The molecule has 0 atom stereocenters. The predicted molar refractivity (Wildman–Crippen MR) is 68.8 cm³/mol. The molecule has 3 aromatic rings. The van der Waals surface area contributed by atoms with Crippen LogP contribution in [0.15, 0.2) is 36.5 Å². The van der Waals surface area contributed by atoms with Crippen molar-refractivity contribution in [3.63, 3.8) is 0 Å². The number of H-pyrrole nitrogens is 1. The molecule has 86 valence electrons. The molecule has 0 radical (unpaired) electrons. The minimum absolute atomic E-state index is 0.788. The minimum Gasteiger partial charge on any atom is -0.305 e. The fourth-order valence-electron chi connectivity index (χ4n) is 1.68. The molecule has 0 spiro atoms. The molecule has 0 amide bonds. The van der Waals surface area contributed by atoms with Gasteiger partial charge in [-0.2, -0.15) is 5.10 Å². The Bertz CT molecular complexity index is 567. The largest absolute Gasteiger partial charge is 0.305 e. The van der Waals surface area contributed by atoms with Gasteiger partial charge in [-0.15, -0.1) is 11.3 Å². The van der Waals surface area contributed by atoms with Gasteiger partial charge < -0.3 is 5.32 Å². The number of rotatable bonds is 4. The average molecular weight is 244 g/mol. The lowest BCUT2D eigenvalue weighted by molar-refractivity contribution is 0.675. The molecule has 2 heterocycles. The number of benzene rings is 1. The van der Waals surface area contributed by atoms with Crippen molar-refractivity contribution in [1.82, 2.24) is 20.5 Å². The van der Waals surface area contributed by atoms with E-state index in [0.717, 1.165) is 29.3 Å². The second-order valence-electron chi connectivity index (χ2n) is 3.76. The molecule has 5 heteroatoms. The number of aromatic amines is 1. The second-order valence-corrected chi connectivity index (χ2v) is 4.88. The van der Waals surface area contributed by atoms with E-state index in [9.17, 15) is 0 Å². The van der Waals surface area contributed by atoms with Crippen molar-refractivity contribution in [2.75, 3.05) is 0 Å². The van der Waals surface area contributed by atoms with E-state index < -0.39 is 0 Å². The quantitative estimate of drug-likeness (QED) is 0.740. The zero-order valence-corrected chi connectivity index (χ0v) is 10.00. The summed E-state index contributed by atoms with van der Waals surface area (Å²) >= 11 is 1.74. The average Bonchev–Trinajstić information content (AvgIpc) is 2.96. The molecule has 1 aromatic carbocycles. The third kappa shape index (κ3) is 2.35. The van der Waals surface area contributed by atoms with E-state index >= 15 is 0 Å². The monoisotopic (exact) mass is 244 g/mol. The van der Waals surface area contributed by atoms with Gasteiger partial charge >= 0.3 is 0 Å². The Morgan fingerprint density at radius 1 is 1.18 bits per heavy atom. The summed E-state index contributed by atoms with van der Waals surface area (Å²) in [7, 11) is 0. The SMILES string of the molecule is c1ccc2sc(CNCc3ccn[nH]3)nc2c1. The molecular weight excluding hydrogens is 232 g/mol. The summed E-state index contributed by atoms with van der Waals surface area (Å²) in [5, 5.41) is 11.3. The molecule has 0 aliphatic carbocycles. The van der Waals surface area contributed by atoms with Gasteiger partial charge in [-0.05, 0) is 18.2 Å². The third-order valence-corrected chi connectivity index (χ3v) is 3.52. The first-order valence-corrected chi connectivity index (χ1v) is 6.27. The Kier molecular flexibility index (Phi) is 2.85. The van der Waals surface area contributed by atoms with Gasteiger partial charge in [0.1, 0.15) is 5.01 Å². The maximum absolute atomic E-state index is 4.56. The molecule has 3 rings (SSSR count). The Labute approximate surface area is 103 Å². The summed E-state index contributed by atoms with van der Waals surface area (Å²) in [4.78, 5) is 4.56. The van der Waals surface area contributed by atoms with Crippen molar-refractivity contribution in [2.24, 2.45) is 0 Å². The van der Waals surface area contributed by atoms with Crippen LogP contribution in [0.5, 0.6) is 0 Å². The summed E-state index contributed by atoms with van der Waals surface area (Å²) in [6.45, 7) is 1.58. The molecule has 0 bridgehead atoms. The van der Waals surface area contributed by atoms with Gasteiger partial charge in [-0.3, -0.25) is 5.10 Å². The number of nitrogens with one attached hydrogen (secondary N) is 2. The summed E-state index contributed by atoms with van der Waals surface area (Å²) in [6.07, 6.45) is 1.76. The topological polar surface area (TPSA) is 53.6 Å². The van der Waals surface area contributed by atoms with Gasteiger partial charge in [0.2, 0.25) is 0 Å². The molecule has 0 saturated heterocycles. The van der Waals surface area contributed by atoms with E-state index in [4.69, 9.17) is 0 Å². The molecule has 17 heavy (non-hydrogen) atoms. The smallest absolute Gasteiger partial charge is 0.108 e. The van der Waals surface area contributed by atoms with Gasteiger partial charge in [0.15, 0.2) is 0 Å². The van der Waals surface area contributed by atoms with Gasteiger partial charge in [0.25, 0.3) is 0 Å². The van der Waals surface area contributed by atoms with Crippen LogP contribution in [0.2, 0.25) is 0 Å². The summed E-state index contributed by atoms with van der Waals surface area (Å²) in [5.41, 5.74) is 2.17. The van der Waals surface area contributed by atoms with Crippen molar-refractivity contribution < 1.29 is 0 Å². The Morgan fingerprint density at radius 3 is 2.94 bits per heavy atom. The first-order chi connectivity index (χ1) is 8.42. The van der Waals surface area contributed by atoms with Crippen LogP contribution in [0.3, 0.4) is 0 Å². The minimum atomic E-state index is 0.788. The third-order valence-electron chi connectivity index (χ3n) is 2.49. The number of thiazole rings is 1. The zero-order valence-electron chi connectivity index (χ0n) is 9.18. The standard InChI is InChI=1S/C12H12N4S/c1-2-4-11-10(3-1)15-12(17-11)8-13-7-9-5-6-14-16-9/h1-6,13H,7-8H2,(H,14,16). The Hall–Kier alpha value is -1.72. The van der Waals surface area contributed by atoms with Crippen LogP contribution in [0.1, 0.15) is 10.7 Å². The predicted octanol–water partition coefficient (Wildman–Crippen LogP) is 2.31. The molecule has 2 N–H and O–H groups in total. The molecule has 0 saturated carbocycles. The lowest BCUT2D eigenvalue weighted by atomic mass is 10.3. The van der Waals surface area contributed by atoms with Crippen molar-refractivity contribution in [3.05, 3.63) is 47.2 Å². The van der Waals surface area contributed by atoms with Gasteiger partial charge in [-0.25, -0.2) is 4.98 Å². The van der Waals surface area contributed by atoms with E-state index in [-0.39, 0.29) is 0 Å². The second kappa shape index (κ2) is 4.65. The van der Waals surface area contributed by atoms with Crippen molar-refractivity contribution in [1.29, 1.82) is 0 Å². The van der Waals surface area contributed by atoms with E-state index in [0.29, 0.717) is 0 Å². The first-order valence-electron chi connectivity index (χ1n) is 5.45.